The number of aryl methyl sites for hydroxylation is 1. The van der Waals surface area contributed by atoms with Gasteiger partial charge in [-0.25, -0.2) is 4.98 Å². The van der Waals surface area contributed by atoms with Crippen LogP contribution in [0.1, 0.15) is 52.2 Å². The number of rotatable bonds is 2. The number of aromatic amines is 1. The zero-order chi connectivity index (χ0) is 17.4. The van der Waals surface area contributed by atoms with Gasteiger partial charge in [0.2, 0.25) is 5.56 Å². The number of fused-ring (bicyclic) bond motifs is 1. The minimum absolute atomic E-state index is 0.143. The average Bonchev–Trinajstić information content (AvgIpc) is 3.04. The van der Waals surface area contributed by atoms with E-state index in [0.717, 1.165) is 43.4 Å². The highest BCUT2D eigenvalue weighted by atomic mass is 16.5. The Morgan fingerprint density at radius 2 is 2.12 bits per heavy atom. The van der Waals surface area contributed by atoms with Gasteiger partial charge >= 0.3 is 0 Å². The van der Waals surface area contributed by atoms with Crippen molar-refractivity contribution in [1.29, 1.82) is 0 Å². The van der Waals surface area contributed by atoms with Crippen LogP contribution in [0.15, 0.2) is 21.3 Å². The summed E-state index contributed by atoms with van der Waals surface area (Å²) in [5.41, 5.74) is 1.67. The van der Waals surface area contributed by atoms with Crippen LogP contribution in [0.25, 0.3) is 0 Å². The zero-order valence-electron chi connectivity index (χ0n) is 14.2. The van der Waals surface area contributed by atoms with Gasteiger partial charge in [-0.1, -0.05) is 0 Å². The molecule has 0 atom stereocenters. The highest BCUT2D eigenvalue weighted by Gasteiger charge is 2.29. The number of pyridine rings is 1. The quantitative estimate of drug-likeness (QED) is 0.898. The Morgan fingerprint density at radius 1 is 1.32 bits per heavy atom. The van der Waals surface area contributed by atoms with E-state index in [1.165, 1.54) is 6.07 Å². The fraction of sp³-hybridized carbons (Fsp3) is 0.500. The van der Waals surface area contributed by atoms with Crippen LogP contribution >= 0.6 is 0 Å². The smallest absolute Gasteiger partial charge is 0.254 e. The minimum Gasteiger partial charge on any atom is -0.445 e. The number of oxazole rings is 1. The molecule has 0 bridgehead atoms. The Morgan fingerprint density at radius 3 is 2.88 bits per heavy atom. The van der Waals surface area contributed by atoms with E-state index in [2.05, 4.69) is 9.97 Å². The van der Waals surface area contributed by atoms with Gasteiger partial charge in [0.15, 0.2) is 5.89 Å². The number of ether oxygens (including phenoxy) is 1. The Labute approximate surface area is 145 Å². The lowest BCUT2D eigenvalue weighted by molar-refractivity contribution is 0.0725. The number of amides is 1. The van der Waals surface area contributed by atoms with E-state index in [1.54, 1.807) is 17.9 Å². The summed E-state index contributed by atoms with van der Waals surface area (Å²) >= 11 is 0. The van der Waals surface area contributed by atoms with Gasteiger partial charge in [0, 0.05) is 49.4 Å². The van der Waals surface area contributed by atoms with E-state index in [1.807, 2.05) is 0 Å². The van der Waals surface area contributed by atoms with Gasteiger partial charge in [0.1, 0.15) is 11.5 Å². The zero-order valence-corrected chi connectivity index (χ0v) is 14.2. The highest BCUT2D eigenvalue weighted by molar-refractivity contribution is 5.94. The van der Waals surface area contributed by atoms with Gasteiger partial charge in [-0.15, -0.1) is 0 Å². The molecule has 2 aromatic heterocycles. The van der Waals surface area contributed by atoms with Gasteiger partial charge in [-0.05, 0) is 25.8 Å². The molecule has 0 saturated carbocycles. The number of carbonyl (C=O) groups is 1. The van der Waals surface area contributed by atoms with Crippen molar-refractivity contribution in [2.24, 2.45) is 0 Å². The molecule has 2 aliphatic heterocycles. The summed E-state index contributed by atoms with van der Waals surface area (Å²) in [6.45, 7) is 4.24. The summed E-state index contributed by atoms with van der Waals surface area (Å²) in [4.78, 5) is 33.4. The fourth-order valence-electron chi connectivity index (χ4n) is 3.50. The summed E-state index contributed by atoms with van der Waals surface area (Å²) in [6.07, 6.45) is 2.50. The molecular formula is C18H21N3O4. The largest absolute Gasteiger partial charge is 0.445 e. The SMILES string of the molecule is Cc1cc(C(=O)N2CCc3oc(C4CCOCC4)nc3C2)cc(=O)[nH]1. The molecule has 7 nitrogen and oxygen atoms in total. The Hall–Kier alpha value is -2.41. The first-order chi connectivity index (χ1) is 12.1. The number of nitrogens with one attached hydrogen (secondary N) is 1. The lowest BCUT2D eigenvalue weighted by atomic mass is 10.0. The van der Waals surface area contributed by atoms with Crippen molar-refractivity contribution >= 4 is 5.91 Å². The monoisotopic (exact) mass is 343 g/mol. The number of nitrogens with zero attached hydrogens (tertiary/aromatic N) is 2. The number of carbonyl (C=O) groups excluding carboxylic acids is 1. The predicted molar refractivity (Wildman–Crippen MR) is 89.5 cm³/mol. The summed E-state index contributed by atoms with van der Waals surface area (Å²) in [7, 11) is 0. The lowest BCUT2D eigenvalue weighted by Crippen LogP contribution is -2.36. The van der Waals surface area contributed by atoms with E-state index < -0.39 is 0 Å². The maximum atomic E-state index is 12.7. The standard InChI is InChI=1S/C18H21N3O4/c1-11-8-13(9-16(22)19-11)18(23)21-5-2-15-14(10-21)20-17(25-15)12-3-6-24-7-4-12/h8-9,12H,2-7,10H2,1H3,(H,19,22). The summed E-state index contributed by atoms with van der Waals surface area (Å²) in [5.74, 6) is 1.82. The van der Waals surface area contributed by atoms with Crippen molar-refractivity contribution in [3.8, 4) is 0 Å². The van der Waals surface area contributed by atoms with E-state index in [0.29, 0.717) is 36.7 Å². The molecule has 1 fully saturated rings. The normalized spacial score (nSPS) is 18.2. The number of aromatic nitrogens is 2. The number of H-pyrrole nitrogens is 1. The van der Waals surface area contributed by atoms with Crippen molar-refractivity contribution in [2.75, 3.05) is 19.8 Å². The average molecular weight is 343 g/mol. The van der Waals surface area contributed by atoms with E-state index >= 15 is 0 Å². The third kappa shape index (κ3) is 3.24. The van der Waals surface area contributed by atoms with Crippen LogP contribution in [0, 0.1) is 6.92 Å². The maximum absolute atomic E-state index is 12.7. The van der Waals surface area contributed by atoms with Crippen molar-refractivity contribution in [3.63, 3.8) is 0 Å². The second-order valence-electron chi connectivity index (χ2n) is 6.70. The molecule has 0 radical (unpaired) electrons. The van der Waals surface area contributed by atoms with Crippen molar-refractivity contribution < 1.29 is 13.9 Å². The number of hydrogen-bond acceptors (Lipinski definition) is 5. The molecule has 1 saturated heterocycles. The first-order valence-corrected chi connectivity index (χ1v) is 8.66. The molecule has 0 aromatic carbocycles. The first-order valence-electron chi connectivity index (χ1n) is 8.66. The molecule has 2 aromatic rings. The molecule has 132 valence electrons. The van der Waals surface area contributed by atoms with Crippen LogP contribution in [0.4, 0.5) is 0 Å². The molecule has 7 heteroatoms. The second kappa shape index (κ2) is 6.48. The Balaban J connectivity index is 1.53. The third-order valence-electron chi connectivity index (χ3n) is 4.83. The van der Waals surface area contributed by atoms with Crippen LogP contribution in [0.3, 0.4) is 0 Å². The first kappa shape index (κ1) is 16.1. The Kier molecular flexibility index (Phi) is 4.17. The summed E-state index contributed by atoms with van der Waals surface area (Å²) < 4.78 is 11.3. The van der Waals surface area contributed by atoms with Gasteiger partial charge in [-0.2, -0.15) is 0 Å². The number of hydrogen-bond donors (Lipinski definition) is 1. The Bertz CT molecular complexity index is 848. The summed E-state index contributed by atoms with van der Waals surface area (Å²) in [6, 6.07) is 3.05. The molecule has 1 amide bonds. The van der Waals surface area contributed by atoms with Crippen LogP contribution in [0.2, 0.25) is 0 Å². The van der Waals surface area contributed by atoms with Crippen LogP contribution in [-0.4, -0.2) is 40.5 Å². The summed E-state index contributed by atoms with van der Waals surface area (Å²) in [5, 5.41) is 0. The van der Waals surface area contributed by atoms with Crippen LogP contribution in [-0.2, 0) is 17.7 Å². The maximum Gasteiger partial charge on any atom is 0.254 e. The van der Waals surface area contributed by atoms with E-state index in [9.17, 15) is 9.59 Å². The van der Waals surface area contributed by atoms with Gasteiger partial charge < -0.3 is 19.0 Å². The van der Waals surface area contributed by atoms with Crippen LogP contribution in [0.5, 0.6) is 0 Å². The predicted octanol–water partition coefficient (Wildman–Crippen LogP) is 1.76. The topological polar surface area (TPSA) is 88.4 Å². The third-order valence-corrected chi connectivity index (χ3v) is 4.83. The molecule has 4 heterocycles. The highest BCUT2D eigenvalue weighted by Crippen LogP contribution is 2.30. The molecule has 2 aliphatic rings. The molecule has 0 aliphatic carbocycles. The molecule has 0 spiro atoms. The lowest BCUT2D eigenvalue weighted by Gasteiger charge is -2.25. The van der Waals surface area contributed by atoms with Gasteiger partial charge in [0.25, 0.3) is 5.91 Å². The fourth-order valence-corrected chi connectivity index (χ4v) is 3.50. The van der Waals surface area contributed by atoms with Gasteiger partial charge in [0.05, 0.1) is 6.54 Å². The minimum atomic E-state index is -0.260. The van der Waals surface area contributed by atoms with Crippen molar-refractivity contribution in [3.05, 3.63) is 51.1 Å². The molecule has 25 heavy (non-hydrogen) atoms. The van der Waals surface area contributed by atoms with E-state index in [-0.39, 0.29) is 11.5 Å². The van der Waals surface area contributed by atoms with E-state index in [4.69, 9.17) is 9.15 Å². The van der Waals surface area contributed by atoms with Crippen molar-refractivity contribution in [2.45, 2.75) is 38.6 Å². The molecule has 0 unspecified atom stereocenters. The second-order valence-corrected chi connectivity index (χ2v) is 6.70. The van der Waals surface area contributed by atoms with Crippen LogP contribution < -0.4 is 5.56 Å². The van der Waals surface area contributed by atoms with Gasteiger partial charge in [-0.3, -0.25) is 9.59 Å². The molecular weight excluding hydrogens is 322 g/mol. The molecule has 4 rings (SSSR count). The molecule has 1 N–H and O–H groups in total. The van der Waals surface area contributed by atoms with Crippen molar-refractivity contribution in [1.82, 2.24) is 14.9 Å².